The van der Waals surface area contributed by atoms with Crippen molar-refractivity contribution in [3.8, 4) is 6.01 Å². The zero-order chi connectivity index (χ0) is 28.0. The van der Waals surface area contributed by atoms with Crippen LogP contribution in [0.15, 0.2) is 47.9 Å². The minimum Gasteiger partial charge on any atom is -0.459 e. The molecule has 2 aromatic heterocycles. The molecule has 1 atom stereocenters. The Hall–Kier alpha value is -3.74. The van der Waals surface area contributed by atoms with Gasteiger partial charge in [-0.1, -0.05) is 0 Å². The molecule has 2 heterocycles. The monoisotopic (exact) mass is 555 g/mol. The molecule has 0 bridgehead atoms. The van der Waals surface area contributed by atoms with E-state index < -0.39 is 21.7 Å². The van der Waals surface area contributed by atoms with E-state index in [0.717, 1.165) is 24.8 Å². The molecule has 2 aliphatic carbocycles. The van der Waals surface area contributed by atoms with E-state index in [0.29, 0.717) is 23.6 Å². The van der Waals surface area contributed by atoms with Crippen molar-refractivity contribution in [1.82, 2.24) is 29.5 Å². The van der Waals surface area contributed by atoms with Crippen molar-refractivity contribution in [3.63, 3.8) is 0 Å². The van der Waals surface area contributed by atoms with Gasteiger partial charge in [0.15, 0.2) is 0 Å². The number of amides is 1. The van der Waals surface area contributed by atoms with Gasteiger partial charge in [-0.2, -0.15) is 4.98 Å². The van der Waals surface area contributed by atoms with Crippen molar-refractivity contribution < 1.29 is 22.7 Å². The Morgan fingerprint density at radius 1 is 1.08 bits per heavy atom. The predicted octanol–water partition coefficient (Wildman–Crippen LogP) is 4.32. The first-order valence-corrected chi connectivity index (χ1v) is 14.3. The molecule has 0 unspecified atom stereocenters. The van der Waals surface area contributed by atoms with E-state index in [1.165, 1.54) is 12.1 Å². The Labute approximate surface area is 227 Å². The lowest BCUT2D eigenvalue weighted by Gasteiger charge is -2.36. The Morgan fingerprint density at radius 3 is 2.33 bits per heavy atom. The highest BCUT2D eigenvalue weighted by Gasteiger charge is 2.63. The smallest absolute Gasteiger partial charge is 0.421 e. The lowest BCUT2D eigenvalue weighted by molar-refractivity contribution is 0.0388. The molecule has 1 spiro atoms. The molecule has 0 saturated heterocycles. The molecule has 1 amide bonds. The van der Waals surface area contributed by atoms with Crippen molar-refractivity contribution >= 4 is 27.8 Å². The van der Waals surface area contributed by atoms with Crippen molar-refractivity contribution in [2.45, 2.75) is 82.4 Å². The number of anilines is 2. The fraction of sp³-hybridized carbons (Fsp3) is 0.500. The van der Waals surface area contributed by atoms with Crippen LogP contribution in [0.1, 0.15) is 71.4 Å². The summed E-state index contributed by atoms with van der Waals surface area (Å²) in [7, 11) is -4.06. The van der Waals surface area contributed by atoms with Crippen LogP contribution in [0.2, 0.25) is 0 Å². The van der Waals surface area contributed by atoms with Gasteiger partial charge in [0.05, 0.1) is 4.90 Å². The van der Waals surface area contributed by atoms with E-state index in [1.807, 2.05) is 31.0 Å². The predicted molar refractivity (Wildman–Crippen MR) is 142 cm³/mol. The second-order valence-electron chi connectivity index (χ2n) is 11.5. The molecule has 2 aliphatic rings. The summed E-state index contributed by atoms with van der Waals surface area (Å²) in [5.74, 6) is 0.812. The van der Waals surface area contributed by atoms with Crippen LogP contribution < -0.4 is 14.8 Å². The maximum absolute atomic E-state index is 12.5. The molecular formula is C26H33N7O5S. The third kappa shape index (κ3) is 6.13. The fourth-order valence-corrected chi connectivity index (χ4v) is 5.68. The number of sulfonamides is 1. The summed E-state index contributed by atoms with van der Waals surface area (Å²) in [6, 6.07) is 6.60. The molecule has 5 rings (SSSR count). The van der Waals surface area contributed by atoms with E-state index in [9.17, 15) is 13.2 Å². The summed E-state index contributed by atoms with van der Waals surface area (Å²) in [6.07, 6.45) is 7.47. The third-order valence-corrected chi connectivity index (χ3v) is 8.19. The second kappa shape index (κ2) is 9.78. The molecule has 13 heteroatoms. The number of hydrogen-bond acceptors (Lipinski definition) is 10. The maximum Gasteiger partial charge on any atom is 0.421 e. The maximum atomic E-state index is 12.5. The van der Waals surface area contributed by atoms with Crippen LogP contribution in [0.3, 0.4) is 0 Å². The van der Waals surface area contributed by atoms with Gasteiger partial charge in [-0.25, -0.2) is 32.6 Å². The van der Waals surface area contributed by atoms with E-state index >= 15 is 0 Å². The van der Waals surface area contributed by atoms with Crippen molar-refractivity contribution in [3.05, 3.63) is 48.5 Å². The van der Waals surface area contributed by atoms with Crippen LogP contribution >= 0.6 is 0 Å². The van der Waals surface area contributed by atoms with Gasteiger partial charge in [0.25, 0.3) is 10.0 Å². The average molecular weight is 556 g/mol. The molecule has 1 aromatic carbocycles. The van der Waals surface area contributed by atoms with E-state index in [-0.39, 0.29) is 22.5 Å². The molecule has 0 radical (unpaired) electrons. The number of carbonyl (C=O) groups is 1. The fourth-order valence-electron chi connectivity index (χ4n) is 4.81. The zero-order valence-corrected chi connectivity index (χ0v) is 23.4. The summed E-state index contributed by atoms with van der Waals surface area (Å²) >= 11 is 0. The van der Waals surface area contributed by atoms with Crippen LogP contribution in [-0.2, 0) is 14.8 Å². The Kier molecular flexibility index (Phi) is 6.73. The van der Waals surface area contributed by atoms with E-state index in [2.05, 4.69) is 25.4 Å². The van der Waals surface area contributed by atoms with E-state index in [1.54, 1.807) is 43.9 Å². The van der Waals surface area contributed by atoms with Crippen LogP contribution in [0.5, 0.6) is 6.01 Å². The van der Waals surface area contributed by atoms with Gasteiger partial charge in [-0.3, -0.25) is 0 Å². The molecule has 208 valence electrons. The van der Waals surface area contributed by atoms with Crippen LogP contribution in [0, 0.1) is 5.41 Å². The molecule has 39 heavy (non-hydrogen) atoms. The summed E-state index contributed by atoms with van der Waals surface area (Å²) < 4.78 is 39.6. The SMILES string of the molecule is CC(C)n1cnc(OC2CC3(C2)C[C@@H]3c2cnc(Nc3ccc(S(=O)(=O)NC(=O)OC(C)(C)C)cc3)nc2)n1. The minimum absolute atomic E-state index is 0.0685. The first-order valence-electron chi connectivity index (χ1n) is 12.8. The van der Waals surface area contributed by atoms with Crippen molar-refractivity contribution in [2.24, 2.45) is 5.41 Å². The number of ether oxygens (including phenoxy) is 2. The lowest BCUT2D eigenvalue weighted by Crippen LogP contribution is -2.36. The average Bonchev–Trinajstić information content (AvgIpc) is 3.37. The molecule has 2 N–H and O–H groups in total. The number of nitrogens with zero attached hydrogens (tertiary/aromatic N) is 5. The van der Waals surface area contributed by atoms with Gasteiger partial charge >= 0.3 is 12.1 Å². The van der Waals surface area contributed by atoms with Gasteiger partial charge in [0.1, 0.15) is 18.0 Å². The number of benzene rings is 1. The third-order valence-electron chi connectivity index (χ3n) is 6.86. The number of carbonyl (C=O) groups excluding carboxylic acids is 1. The first kappa shape index (κ1) is 26.9. The van der Waals surface area contributed by atoms with Crippen LogP contribution in [0.4, 0.5) is 16.4 Å². The van der Waals surface area contributed by atoms with E-state index in [4.69, 9.17) is 9.47 Å². The largest absolute Gasteiger partial charge is 0.459 e. The molecule has 2 saturated carbocycles. The van der Waals surface area contributed by atoms with Gasteiger partial charge in [0, 0.05) is 24.1 Å². The number of aromatic nitrogens is 5. The highest BCUT2D eigenvalue weighted by molar-refractivity contribution is 7.90. The van der Waals surface area contributed by atoms with Gasteiger partial charge in [-0.05, 0) is 95.0 Å². The summed E-state index contributed by atoms with van der Waals surface area (Å²) in [5.41, 5.74) is 1.14. The quantitative estimate of drug-likeness (QED) is 0.411. The molecule has 2 fully saturated rings. The summed E-state index contributed by atoms with van der Waals surface area (Å²) in [6.45, 7) is 9.05. The highest BCUT2D eigenvalue weighted by atomic mass is 32.2. The molecule has 12 nitrogen and oxygen atoms in total. The Morgan fingerprint density at radius 2 is 1.74 bits per heavy atom. The first-order chi connectivity index (χ1) is 18.3. The van der Waals surface area contributed by atoms with Gasteiger partial charge in [0.2, 0.25) is 5.95 Å². The standard InChI is InChI=1S/C26H33N7O5S/c1-16(2)33-15-29-23(31-33)37-19-10-26(11-19)12-21(26)17-13-27-22(28-14-17)30-18-6-8-20(9-7-18)39(35,36)32-24(34)38-25(3,4)5/h6-9,13-16,19,21H,10-12H2,1-5H3,(H,32,34)(H,27,28,30)/t19?,21-,26?/m1/s1. The van der Waals surface area contributed by atoms with Crippen LogP contribution in [0.25, 0.3) is 0 Å². The van der Waals surface area contributed by atoms with Gasteiger partial charge in [-0.15, -0.1) is 5.10 Å². The Bertz CT molecular complexity index is 1440. The molecule has 3 aromatic rings. The zero-order valence-electron chi connectivity index (χ0n) is 22.6. The number of rotatable bonds is 8. The Balaban J connectivity index is 1.12. The topological polar surface area (TPSA) is 150 Å². The highest BCUT2D eigenvalue weighted by Crippen LogP contribution is 2.70. The van der Waals surface area contributed by atoms with Crippen molar-refractivity contribution in [1.29, 1.82) is 0 Å². The molecular weight excluding hydrogens is 522 g/mol. The number of hydrogen-bond donors (Lipinski definition) is 2. The summed E-state index contributed by atoms with van der Waals surface area (Å²) in [4.78, 5) is 24.9. The minimum atomic E-state index is -4.06. The normalized spacial score (nSPS) is 22.3. The lowest BCUT2D eigenvalue weighted by atomic mass is 9.76. The van der Waals surface area contributed by atoms with Gasteiger partial charge < -0.3 is 14.8 Å². The van der Waals surface area contributed by atoms with Crippen molar-refractivity contribution in [2.75, 3.05) is 5.32 Å². The number of nitrogens with one attached hydrogen (secondary N) is 2. The van der Waals surface area contributed by atoms with Crippen LogP contribution in [-0.4, -0.2) is 50.9 Å². The second-order valence-corrected chi connectivity index (χ2v) is 13.1. The summed E-state index contributed by atoms with van der Waals surface area (Å²) in [5, 5.41) is 7.43. The molecule has 0 aliphatic heterocycles.